The Hall–Kier alpha value is -0.820. The molecule has 0 bridgehead atoms. The molecule has 0 rings (SSSR count). The van der Waals surface area contributed by atoms with E-state index in [0.29, 0.717) is 0 Å². The topological polar surface area (TPSA) is 20.2 Å². The Morgan fingerprint density at radius 3 is 2.50 bits per heavy atom. The summed E-state index contributed by atoms with van der Waals surface area (Å²) in [6, 6.07) is 0. The Kier molecular flexibility index (Phi) is 7.51. The SMILES string of the molecule is C=CC/C=C/C=C/CCO. The molecule has 0 unspecified atom stereocenters. The van der Waals surface area contributed by atoms with E-state index in [-0.39, 0.29) is 6.61 Å². The van der Waals surface area contributed by atoms with E-state index in [1.54, 1.807) is 0 Å². The maximum absolute atomic E-state index is 8.38. The van der Waals surface area contributed by atoms with E-state index in [1.807, 2.05) is 30.4 Å². The molecule has 0 aliphatic rings. The Bertz CT molecular complexity index is 123. The van der Waals surface area contributed by atoms with Crippen LogP contribution in [0.3, 0.4) is 0 Å². The van der Waals surface area contributed by atoms with Crippen molar-refractivity contribution in [3.63, 3.8) is 0 Å². The van der Waals surface area contributed by atoms with Gasteiger partial charge in [-0.1, -0.05) is 30.4 Å². The molecule has 1 nitrogen and oxygen atoms in total. The molecule has 0 aromatic rings. The van der Waals surface area contributed by atoms with Crippen LogP contribution in [0.1, 0.15) is 12.8 Å². The maximum Gasteiger partial charge on any atom is 0.0465 e. The summed E-state index contributed by atoms with van der Waals surface area (Å²) in [5, 5.41) is 8.38. The third-order valence-corrected chi connectivity index (χ3v) is 0.982. The standard InChI is InChI=1S/C9H14O/c1-2-3-4-5-6-7-8-9-10/h2,4-7,10H,1,3,8-9H2/b5-4+,7-6+. The van der Waals surface area contributed by atoms with E-state index in [0.717, 1.165) is 12.8 Å². The zero-order valence-corrected chi connectivity index (χ0v) is 6.16. The molecule has 0 aliphatic carbocycles. The molecular formula is C9H14O. The average Bonchev–Trinajstić information content (AvgIpc) is 1.97. The molecule has 0 amide bonds. The van der Waals surface area contributed by atoms with Crippen molar-refractivity contribution in [3.8, 4) is 0 Å². The van der Waals surface area contributed by atoms with E-state index in [4.69, 9.17) is 5.11 Å². The van der Waals surface area contributed by atoms with Crippen LogP contribution in [0.25, 0.3) is 0 Å². The van der Waals surface area contributed by atoms with Crippen LogP contribution in [0.2, 0.25) is 0 Å². The Labute approximate surface area is 62.4 Å². The third kappa shape index (κ3) is 7.18. The number of rotatable bonds is 5. The first-order valence-electron chi connectivity index (χ1n) is 3.45. The van der Waals surface area contributed by atoms with E-state index in [1.165, 1.54) is 0 Å². The fraction of sp³-hybridized carbons (Fsp3) is 0.333. The molecule has 0 aliphatic heterocycles. The number of aliphatic hydroxyl groups is 1. The highest BCUT2D eigenvalue weighted by molar-refractivity contribution is 5.03. The molecule has 56 valence electrons. The Balaban J connectivity index is 3.22. The first-order chi connectivity index (χ1) is 4.91. The van der Waals surface area contributed by atoms with Gasteiger partial charge >= 0.3 is 0 Å². The second-order valence-electron chi connectivity index (χ2n) is 1.89. The fourth-order valence-electron chi connectivity index (χ4n) is 0.503. The van der Waals surface area contributed by atoms with Gasteiger partial charge in [0.1, 0.15) is 0 Å². The first kappa shape index (κ1) is 9.18. The monoisotopic (exact) mass is 138 g/mol. The van der Waals surface area contributed by atoms with Crippen molar-refractivity contribution in [1.82, 2.24) is 0 Å². The van der Waals surface area contributed by atoms with Gasteiger partial charge in [-0.05, 0) is 12.8 Å². The molecular weight excluding hydrogens is 124 g/mol. The van der Waals surface area contributed by atoms with Gasteiger partial charge in [0.15, 0.2) is 0 Å². The summed E-state index contributed by atoms with van der Waals surface area (Å²) in [6.07, 6.45) is 11.3. The van der Waals surface area contributed by atoms with Gasteiger partial charge in [-0.15, -0.1) is 6.58 Å². The fourth-order valence-corrected chi connectivity index (χ4v) is 0.503. The van der Waals surface area contributed by atoms with E-state index in [9.17, 15) is 0 Å². The minimum absolute atomic E-state index is 0.228. The van der Waals surface area contributed by atoms with Crippen LogP contribution in [0.5, 0.6) is 0 Å². The van der Waals surface area contributed by atoms with Crippen LogP contribution in [-0.2, 0) is 0 Å². The number of hydrogen-bond acceptors (Lipinski definition) is 1. The Morgan fingerprint density at radius 1 is 1.20 bits per heavy atom. The van der Waals surface area contributed by atoms with E-state index >= 15 is 0 Å². The van der Waals surface area contributed by atoms with E-state index < -0.39 is 0 Å². The van der Waals surface area contributed by atoms with E-state index in [2.05, 4.69) is 6.58 Å². The van der Waals surface area contributed by atoms with Gasteiger partial charge in [0.25, 0.3) is 0 Å². The summed E-state index contributed by atoms with van der Waals surface area (Å²) in [6.45, 7) is 3.81. The number of allylic oxidation sites excluding steroid dienone is 4. The molecule has 0 atom stereocenters. The quantitative estimate of drug-likeness (QED) is 0.455. The smallest absolute Gasteiger partial charge is 0.0465 e. The highest BCUT2D eigenvalue weighted by Gasteiger charge is 1.69. The van der Waals surface area contributed by atoms with Gasteiger partial charge < -0.3 is 5.11 Å². The van der Waals surface area contributed by atoms with Gasteiger partial charge in [0.05, 0.1) is 0 Å². The van der Waals surface area contributed by atoms with Crippen molar-refractivity contribution >= 4 is 0 Å². The lowest BCUT2D eigenvalue weighted by molar-refractivity contribution is 0.302. The lowest BCUT2D eigenvalue weighted by atomic mass is 10.3. The lowest BCUT2D eigenvalue weighted by Crippen LogP contribution is -1.73. The van der Waals surface area contributed by atoms with Gasteiger partial charge in [0.2, 0.25) is 0 Å². The second kappa shape index (κ2) is 8.18. The van der Waals surface area contributed by atoms with Crippen molar-refractivity contribution in [3.05, 3.63) is 37.0 Å². The highest BCUT2D eigenvalue weighted by atomic mass is 16.2. The van der Waals surface area contributed by atoms with Crippen LogP contribution in [0.4, 0.5) is 0 Å². The van der Waals surface area contributed by atoms with Crippen LogP contribution in [0, 0.1) is 0 Å². The molecule has 0 saturated heterocycles. The molecule has 1 heteroatoms. The van der Waals surface area contributed by atoms with Crippen LogP contribution in [0.15, 0.2) is 37.0 Å². The largest absolute Gasteiger partial charge is 0.396 e. The minimum Gasteiger partial charge on any atom is -0.396 e. The van der Waals surface area contributed by atoms with Crippen LogP contribution >= 0.6 is 0 Å². The van der Waals surface area contributed by atoms with Crippen molar-refractivity contribution in [1.29, 1.82) is 0 Å². The predicted molar refractivity (Wildman–Crippen MR) is 44.8 cm³/mol. The summed E-state index contributed by atoms with van der Waals surface area (Å²) < 4.78 is 0. The summed E-state index contributed by atoms with van der Waals surface area (Å²) >= 11 is 0. The molecule has 0 heterocycles. The maximum atomic E-state index is 8.38. The molecule has 0 radical (unpaired) electrons. The van der Waals surface area contributed by atoms with Crippen molar-refractivity contribution < 1.29 is 5.11 Å². The molecule has 0 aromatic heterocycles. The number of aliphatic hydroxyl groups excluding tert-OH is 1. The summed E-state index contributed by atoms with van der Waals surface area (Å²) in [4.78, 5) is 0. The van der Waals surface area contributed by atoms with Gasteiger partial charge in [-0.3, -0.25) is 0 Å². The molecule has 0 spiro atoms. The highest BCUT2D eigenvalue weighted by Crippen LogP contribution is 1.85. The minimum atomic E-state index is 0.228. The number of hydrogen-bond donors (Lipinski definition) is 1. The van der Waals surface area contributed by atoms with Gasteiger partial charge in [0, 0.05) is 6.61 Å². The Morgan fingerprint density at radius 2 is 1.90 bits per heavy atom. The first-order valence-corrected chi connectivity index (χ1v) is 3.45. The van der Waals surface area contributed by atoms with Crippen LogP contribution in [-0.4, -0.2) is 11.7 Å². The summed E-state index contributed by atoms with van der Waals surface area (Å²) in [7, 11) is 0. The molecule has 0 fully saturated rings. The van der Waals surface area contributed by atoms with Crippen molar-refractivity contribution in [2.75, 3.05) is 6.61 Å². The van der Waals surface area contributed by atoms with Gasteiger partial charge in [-0.2, -0.15) is 0 Å². The third-order valence-electron chi connectivity index (χ3n) is 0.982. The average molecular weight is 138 g/mol. The van der Waals surface area contributed by atoms with Crippen molar-refractivity contribution in [2.24, 2.45) is 0 Å². The molecule has 1 N–H and O–H groups in total. The predicted octanol–water partition coefficient (Wildman–Crippen LogP) is 2.06. The zero-order valence-electron chi connectivity index (χ0n) is 6.16. The summed E-state index contributed by atoms with van der Waals surface area (Å²) in [5.74, 6) is 0. The molecule has 10 heavy (non-hydrogen) atoms. The van der Waals surface area contributed by atoms with Crippen LogP contribution < -0.4 is 0 Å². The normalized spacial score (nSPS) is 11.3. The molecule has 0 aromatic carbocycles. The summed E-state index contributed by atoms with van der Waals surface area (Å²) in [5.41, 5.74) is 0. The van der Waals surface area contributed by atoms with Gasteiger partial charge in [-0.25, -0.2) is 0 Å². The lowest BCUT2D eigenvalue weighted by Gasteiger charge is -1.80. The zero-order chi connectivity index (χ0) is 7.66. The molecule has 0 saturated carbocycles. The van der Waals surface area contributed by atoms with Crippen molar-refractivity contribution in [2.45, 2.75) is 12.8 Å². The second-order valence-corrected chi connectivity index (χ2v) is 1.89.